The van der Waals surface area contributed by atoms with Crippen LogP contribution in [0.1, 0.15) is 0 Å². The van der Waals surface area contributed by atoms with Crippen molar-refractivity contribution in [3.63, 3.8) is 0 Å². The highest BCUT2D eigenvalue weighted by Crippen LogP contribution is 2.29. The van der Waals surface area contributed by atoms with Crippen LogP contribution in [0.5, 0.6) is 0 Å². The van der Waals surface area contributed by atoms with Crippen LogP contribution in [-0.4, -0.2) is 47.5 Å². The lowest BCUT2D eigenvalue weighted by molar-refractivity contribution is -0.177. The molecule has 2 saturated heterocycles. The van der Waals surface area contributed by atoms with Crippen molar-refractivity contribution < 1.29 is 19.7 Å². The molecular weight excluding hydrogens is 178 g/mol. The number of nitrogens with zero attached hydrogens (tertiary/aromatic N) is 3. The van der Waals surface area contributed by atoms with E-state index in [-0.39, 0.29) is 6.61 Å². The van der Waals surface area contributed by atoms with Gasteiger partial charge in [0.1, 0.15) is 18.2 Å². The molecule has 0 amide bonds. The molecule has 0 saturated carbocycles. The Hall–Kier alpha value is -0.850. The van der Waals surface area contributed by atoms with E-state index in [1.807, 2.05) is 0 Å². The fourth-order valence-electron chi connectivity index (χ4n) is 1.56. The summed E-state index contributed by atoms with van der Waals surface area (Å²) < 4.78 is 10.2. The summed E-state index contributed by atoms with van der Waals surface area (Å²) >= 11 is 0. The third-order valence-corrected chi connectivity index (χ3v) is 2.28. The molecule has 0 aliphatic carbocycles. The largest absolute Gasteiger partial charge is 0.390 e. The summed E-state index contributed by atoms with van der Waals surface area (Å²) in [5, 5.41) is 22.2. The quantitative estimate of drug-likeness (QED) is 0.316. The smallest absolute Gasteiger partial charge is 0.169 e. The molecule has 5 atom stereocenters. The third-order valence-electron chi connectivity index (χ3n) is 2.28. The van der Waals surface area contributed by atoms with Crippen molar-refractivity contribution in [2.75, 3.05) is 6.61 Å². The number of rotatable bonds is 1. The minimum absolute atomic E-state index is 0.223. The highest BCUT2D eigenvalue weighted by Gasteiger charge is 2.49. The number of azide groups is 1. The van der Waals surface area contributed by atoms with E-state index >= 15 is 0 Å². The number of ether oxygens (including phenoxy) is 2. The second-order valence-corrected chi connectivity index (χ2v) is 3.05. The van der Waals surface area contributed by atoms with E-state index in [1.165, 1.54) is 0 Å². The number of hydrogen-bond acceptors (Lipinski definition) is 5. The highest BCUT2D eigenvalue weighted by atomic mass is 16.7. The van der Waals surface area contributed by atoms with E-state index < -0.39 is 30.6 Å². The predicted octanol–water partition coefficient (Wildman–Crippen LogP) is -0.858. The van der Waals surface area contributed by atoms with E-state index in [1.54, 1.807) is 0 Å². The zero-order valence-corrected chi connectivity index (χ0v) is 6.65. The average molecular weight is 187 g/mol. The lowest BCUT2D eigenvalue weighted by atomic mass is 10.00. The van der Waals surface area contributed by atoms with Gasteiger partial charge >= 0.3 is 0 Å². The lowest BCUT2D eigenvalue weighted by Gasteiger charge is -2.32. The Balaban J connectivity index is 2.21. The average Bonchev–Trinajstić information content (AvgIpc) is 2.56. The van der Waals surface area contributed by atoms with Gasteiger partial charge in [-0.25, -0.2) is 0 Å². The molecule has 0 aromatic rings. The maximum atomic E-state index is 9.47. The summed E-state index contributed by atoms with van der Waals surface area (Å²) in [6.45, 7) is 0.223. The predicted molar refractivity (Wildman–Crippen MR) is 39.6 cm³/mol. The Labute approximate surface area is 73.5 Å². The molecule has 2 unspecified atom stereocenters. The number of aliphatic hydroxyl groups excluding tert-OH is 2. The number of aliphatic hydroxyl groups is 2. The molecule has 2 rings (SSSR count). The van der Waals surface area contributed by atoms with Crippen molar-refractivity contribution in [1.82, 2.24) is 0 Å². The van der Waals surface area contributed by atoms with Crippen LogP contribution in [0.3, 0.4) is 0 Å². The third kappa shape index (κ3) is 1.27. The van der Waals surface area contributed by atoms with Crippen molar-refractivity contribution in [1.29, 1.82) is 0 Å². The first-order chi connectivity index (χ1) is 6.24. The first-order valence-corrected chi connectivity index (χ1v) is 3.91. The van der Waals surface area contributed by atoms with Gasteiger partial charge in [0.05, 0.1) is 12.7 Å². The van der Waals surface area contributed by atoms with E-state index in [9.17, 15) is 10.2 Å². The van der Waals surface area contributed by atoms with Gasteiger partial charge < -0.3 is 19.7 Å². The standard InChI is InChI=1S/C6H9N3O4/c7-9-8-3-5(11)4(10)2-1-12-6(3)13-2/h2-6,10-11H,1H2/t2?,3?,4-,5-,6-/m0/s1. The molecule has 72 valence electrons. The first kappa shape index (κ1) is 8.74. The SMILES string of the molecule is [N-]=[N+]=NC1[C@H]2OCC(O2)[C@H](O)[C@H]1O. The molecule has 2 aliphatic rings. The molecule has 7 heteroatoms. The van der Waals surface area contributed by atoms with Crippen LogP contribution in [-0.2, 0) is 9.47 Å². The van der Waals surface area contributed by atoms with Crippen LogP contribution in [0.2, 0.25) is 0 Å². The number of fused-ring (bicyclic) bond motifs is 2. The molecule has 0 aromatic carbocycles. The Morgan fingerprint density at radius 3 is 2.85 bits per heavy atom. The molecule has 0 aromatic heterocycles. The van der Waals surface area contributed by atoms with Gasteiger partial charge in [0.25, 0.3) is 0 Å². The highest BCUT2D eigenvalue weighted by molar-refractivity contribution is 4.96. The summed E-state index contributed by atoms with van der Waals surface area (Å²) in [6.07, 6.45) is -3.39. The van der Waals surface area contributed by atoms with Gasteiger partial charge in [0.15, 0.2) is 6.29 Å². The summed E-state index contributed by atoms with van der Waals surface area (Å²) in [7, 11) is 0. The van der Waals surface area contributed by atoms with Crippen LogP contribution >= 0.6 is 0 Å². The first-order valence-electron chi connectivity index (χ1n) is 3.91. The van der Waals surface area contributed by atoms with E-state index in [0.29, 0.717) is 0 Å². The molecule has 2 aliphatic heterocycles. The van der Waals surface area contributed by atoms with E-state index in [0.717, 1.165) is 0 Å². The Bertz CT molecular complexity index is 254. The Morgan fingerprint density at radius 1 is 1.38 bits per heavy atom. The monoisotopic (exact) mass is 187 g/mol. The topological polar surface area (TPSA) is 108 Å². The minimum Gasteiger partial charge on any atom is -0.390 e. The second-order valence-electron chi connectivity index (χ2n) is 3.05. The van der Waals surface area contributed by atoms with E-state index in [2.05, 4.69) is 10.0 Å². The second kappa shape index (κ2) is 3.13. The summed E-state index contributed by atoms with van der Waals surface area (Å²) in [4.78, 5) is 2.55. The molecule has 7 nitrogen and oxygen atoms in total. The summed E-state index contributed by atoms with van der Waals surface area (Å²) in [5.74, 6) is 0. The van der Waals surface area contributed by atoms with Gasteiger partial charge in [0.2, 0.25) is 0 Å². The fourth-order valence-corrected chi connectivity index (χ4v) is 1.56. The maximum Gasteiger partial charge on any atom is 0.169 e. The normalized spacial score (nSPS) is 48.6. The maximum absolute atomic E-state index is 9.47. The Kier molecular flexibility index (Phi) is 2.10. The van der Waals surface area contributed by atoms with Crippen molar-refractivity contribution >= 4 is 0 Å². The number of hydrogen-bond donors (Lipinski definition) is 2. The van der Waals surface area contributed by atoms with Crippen LogP contribution < -0.4 is 0 Å². The van der Waals surface area contributed by atoms with Crippen molar-refractivity contribution in [2.24, 2.45) is 5.11 Å². The van der Waals surface area contributed by atoms with Crippen LogP contribution in [0.25, 0.3) is 10.4 Å². The zero-order valence-electron chi connectivity index (χ0n) is 6.65. The molecule has 0 spiro atoms. The van der Waals surface area contributed by atoms with Gasteiger partial charge in [-0.1, -0.05) is 5.11 Å². The molecule has 2 N–H and O–H groups in total. The van der Waals surface area contributed by atoms with Crippen LogP contribution in [0.15, 0.2) is 5.11 Å². The summed E-state index contributed by atoms with van der Waals surface area (Å²) in [6, 6.07) is -0.862. The van der Waals surface area contributed by atoms with Gasteiger partial charge in [-0.2, -0.15) is 0 Å². The van der Waals surface area contributed by atoms with E-state index in [4.69, 9.17) is 15.0 Å². The van der Waals surface area contributed by atoms with Gasteiger partial charge in [-0.05, 0) is 5.53 Å². The molecule has 2 fully saturated rings. The summed E-state index contributed by atoms with van der Waals surface area (Å²) in [5.41, 5.74) is 8.20. The minimum atomic E-state index is -1.11. The fraction of sp³-hybridized carbons (Fsp3) is 1.00. The lowest BCUT2D eigenvalue weighted by Crippen LogP contribution is -2.52. The van der Waals surface area contributed by atoms with Crippen LogP contribution in [0.4, 0.5) is 0 Å². The van der Waals surface area contributed by atoms with Gasteiger partial charge in [-0.15, -0.1) is 0 Å². The molecule has 0 radical (unpaired) electrons. The molecule has 2 bridgehead atoms. The van der Waals surface area contributed by atoms with Crippen molar-refractivity contribution in [3.8, 4) is 0 Å². The van der Waals surface area contributed by atoms with Crippen LogP contribution in [0, 0.1) is 0 Å². The molecule has 2 heterocycles. The molecular formula is C6H9N3O4. The van der Waals surface area contributed by atoms with Crippen molar-refractivity contribution in [2.45, 2.75) is 30.6 Å². The van der Waals surface area contributed by atoms with Gasteiger partial charge in [-0.3, -0.25) is 0 Å². The van der Waals surface area contributed by atoms with Crippen molar-refractivity contribution in [3.05, 3.63) is 10.4 Å². The molecule has 13 heavy (non-hydrogen) atoms. The Morgan fingerprint density at radius 2 is 2.15 bits per heavy atom. The zero-order chi connectivity index (χ0) is 9.42. The van der Waals surface area contributed by atoms with Gasteiger partial charge in [0, 0.05) is 4.91 Å².